The average Bonchev–Trinajstić information content (AvgIpc) is 2.89. The maximum atomic E-state index is 12.9. The molecule has 1 aromatic carbocycles. The van der Waals surface area contributed by atoms with Gasteiger partial charge in [0.05, 0.1) is 5.41 Å². The van der Waals surface area contributed by atoms with Gasteiger partial charge in [-0.3, -0.25) is 4.79 Å². The molecule has 1 heterocycles. The van der Waals surface area contributed by atoms with Gasteiger partial charge in [0.25, 0.3) is 0 Å². The number of nitrogens with one attached hydrogen (secondary N) is 2. The topological polar surface area (TPSA) is 41.1 Å². The normalized spacial score (nSPS) is 19.4. The van der Waals surface area contributed by atoms with Crippen molar-refractivity contribution in [3.63, 3.8) is 0 Å². The molecule has 19 heavy (non-hydrogen) atoms. The summed E-state index contributed by atoms with van der Waals surface area (Å²) in [5.74, 6) is -0.303. The number of hydrogen-bond donors (Lipinski definition) is 2. The number of hydrogen-bond acceptors (Lipinski definition) is 2. The zero-order chi connectivity index (χ0) is 13.9. The Kier molecular flexibility index (Phi) is 4.20. The molecule has 1 aromatic rings. The zero-order valence-electron chi connectivity index (χ0n) is 11.5. The van der Waals surface area contributed by atoms with Gasteiger partial charge in [-0.2, -0.15) is 0 Å². The van der Waals surface area contributed by atoms with Gasteiger partial charge in [-0.25, -0.2) is 4.39 Å². The van der Waals surface area contributed by atoms with Crippen molar-refractivity contribution in [3.05, 3.63) is 35.6 Å². The minimum Gasteiger partial charge on any atom is -0.354 e. The number of amides is 1. The van der Waals surface area contributed by atoms with Gasteiger partial charge >= 0.3 is 0 Å². The van der Waals surface area contributed by atoms with Crippen molar-refractivity contribution in [1.29, 1.82) is 0 Å². The Morgan fingerprint density at radius 3 is 2.68 bits per heavy atom. The van der Waals surface area contributed by atoms with Crippen LogP contribution in [0.4, 0.5) is 4.39 Å². The predicted octanol–water partition coefficient (Wildman–Crippen LogP) is 1.97. The standard InChI is InChI=1S/C15H21FN2O/c1-15(2,11-5-7-12(16)8-6-11)14(19)18-10-13-4-3-9-17-13/h5-8,13,17H,3-4,9-10H2,1-2H3,(H,18,19). The number of rotatable bonds is 4. The van der Waals surface area contributed by atoms with Crippen LogP contribution in [0.5, 0.6) is 0 Å². The van der Waals surface area contributed by atoms with E-state index in [0.717, 1.165) is 18.5 Å². The molecule has 0 spiro atoms. The summed E-state index contributed by atoms with van der Waals surface area (Å²) in [5.41, 5.74) is 0.178. The molecule has 4 heteroatoms. The summed E-state index contributed by atoms with van der Waals surface area (Å²) in [6.07, 6.45) is 2.28. The SMILES string of the molecule is CC(C)(C(=O)NCC1CCCN1)c1ccc(F)cc1. The van der Waals surface area contributed by atoms with E-state index in [1.165, 1.54) is 18.6 Å². The van der Waals surface area contributed by atoms with Crippen molar-refractivity contribution >= 4 is 5.91 Å². The molecular weight excluding hydrogens is 243 g/mol. The van der Waals surface area contributed by atoms with Crippen LogP contribution in [0.25, 0.3) is 0 Å². The third-order valence-electron chi connectivity index (χ3n) is 3.80. The molecule has 3 nitrogen and oxygen atoms in total. The first-order valence-corrected chi connectivity index (χ1v) is 6.78. The molecule has 104 valence electrons. The van der Waals surface area contributed by atoms with Crippen molar-refractivity contribution < 1.29 is 9.18 Å². The molecular formula is C15H21FN2O. The van der Waals surface area contributed by atoms with E-state index in [4.69, 9.17) is 0 Å². The lowest BCUT2D eigenvalue weighted by Gasteiger charge is -2.25. The smallest absolute Gasteiger partial charge is 0.230 e. The van der Waals surface area contributed by atoms with Gasteiger partial charge in [-0.05, 0) is 50.9 Å². The second-order valence-electron chi connectivity index (χ2n) is 5.64. The summed E-state index contributed by atoms with van der Waals surface area (Å²) in [4.78, 5) is 12.3. The first-order chi connectivity index (χ1) is 9.00. The van der Waals surface area contributed by atoms with Crippen LogP contribution in [-0.4, -0.2) is 25.0 Å². The van der Waals surface area contributed by atoms with E-state index in [-0.39, 0.29) is 11.7 Å². The van der Waals surface area contributed by atoms with Crippen molar-refractivity contribution in [2.45, 2.75) is 38.1 Å². The van der Waals surface area contributed by atoms with Crippen molar-refractivity contribution in [1.82, 2.24) is 10.6 Å². The van der Waals surface area contributed by atoms with Crippen molar-refractivity contribution in [2.24, 2.45) is 0 Å². The first-order valence-electron chi connectivity index (χ1n) is 6.78. The third-order valence-corrected chi connectivity index (χ3v) is 3.80. The molecule has 1 saturated heterocycles. The molecule has 0 aromatic heterocycles. The highest BCUT2D eigenvalue weighted by atomic mass is 19.1. The van der Waals surface area contributed by atoms with Gasteiger partial charge in [0.2, 0.25) is 5.91 Å². The molecule has 1 fully saturated rings. The Bertz CT molecular complexity index is 436. The fourth-order valence-corrected chi connectivity index (χ4v) is 2.37. The predicted molar refractivity (Wildman–Crippen MR) is 73.5 cm³/mol. The monoisotopic (exact) mass is 264 g/mol. The van der Waals surface area contributed by atoms with Crippen molar-refractivity contribution in [2.75, 3.05) is 13.1 Å². The molecule has 1 unspecified atom stereocenters. The molecule has 2 N–H and O–H groups in total. The number of halogens is 1. The lowest BCUT2D eigenvalue weighted by atomic mass is 9.83. The summed E-state index contributed by atoms with van der Waals surface area (Å²) in [7, 11) is 0. The summed E-state index contributed by atoms with van der Waals surface area (Å²) < 4.78 is 12.9. The lowest BCUT2D eigenvalue weighted by Crippen LogP contribution is -2.45. The molecule has 1 aliphatic heterocycles. The maximum Gasteiger partial charge on any atom is 0.230 e. The highest BCUT2D eigenvalue weighted by Crippen LogP contribution is 2.23. The second-order valence-corrected chi connectivity index (χ2v) is 5.64. The van der Waals surface area contributed by atoms with Crippen LogP contribution in [-0.2, 0) is 10.2 Å². The van der Waals surface area contributed by atoms with Crippen LogP contribution in [0.15, 0.2) is 24.3 Å². The Morgan fingerprint density at radius 2 is 2.11 bits per heavy atom. The summed E-state index contributed by atoms with van der Waals surface area (Å²) >= 11 is 0. The molecule has 1 amide bonds. The quantitative estimate of drug-likeness (QED) is 0.873. The molecule has 2 rings (SSSR count). The van der Waals surface area contributed by atoms with E-state index >= 15 is 0 Å². The molecule has 0 saturated carbocycles. The van der Waals surface area contributed by atoms with Crippen LogP contribution in [0.1, 0.15) is 32.3 Å². The molecule has 1 atom stereocenters. The number of carbonyl (C=O) groups is 1. The third kappa shape index (κ3) is 3.32. The van der Waals surface area contributed by atoms with E-state index in [0.29, 0.717) is 12.6 Å². The zero-order valence-corrected chi connectivity index (χ0v) is 11.5. The van der Waals surface area contributed by atoms with Gasteiger partial charge in [0.1, 0.15) is 5.82 Å². The van der Waals surface area contributed by atoms with Crippen molar-refractivity contribution in [3.8, 4) is 0 Å². The fraction of sp³-hybridized carbons (Fsp3) is 0.533. The first kappa shape index (κ1) is 14.0. The minimum absolute atomic E-state index is 0.0205. The number of carbonyl (C=O) groups excluding carboxylic acids is 1. The summed E-state index contributed by atoms with van der Waals surface area (Å²) in [6, 6.07) is 6.50. The second kappa shape index (κ2) is 5.70. The van der Waals surface area contributed by atoms with Crippen LogP contribution >= 0.6 is 0 Å². The molecule has 0 radical (unpaired) electrons. The Hall–Kier alpha value is -1.42. The number of benzene rings is 1. The Morgan fingerprint density at radius 1 is 1.42 bits per heavy atom. The van der Waals surface area contributed by atoms with Gasteiger partial charge in [-0.1, -0.05) is 12.1 Å². The Balaban J connectivity index is 1.97. The van der Waals surface area contributed by atoms with E-state index < -0.39 is 5.41 Å². The molecule has 0 bridgehead atoms. The van der Waals surface area contributed by atoms with Gasteiger partial charge in [0, 0.05) is 12.6 Å². The molecule has 1 aliphatic rings. The van der Waals surface area contributed by atoms with E-state index in [9.17, 15) is 9.18 Å². The van der Waals surface area contributed by atoms with Gasteiger partial charge in [0.15, 0.2) is 0 Å². The average molecular weight is 264 g/mol. The summed E-state index contributed by atoms with van der Waals surface area (Å²) in [5, 5.41) is 6.33. The van der Waals surface area contributed by atoms with Crippen LogP contribution in [0, 0.1) is 5.82 Å². The fourth-order valence-electron chi connectivity index (χ4n) is 2.37. The lowest BCUT2D eigenvalue weighted by molar-refractivity contribution is -0.125. The highest BCUT2D eigenvalue weighted by molar-refractivity contribution is 5.87. The van der Waals surface area contributed by atoms with Crippen LogP contribution < -0.4 is 10.6 Å². The maximum absolute atomic E-state index is 12.9. The van der Waals surface area contributed by atoms with E-state index in [2.05, 4.69) is 10.6 Å². The van der Waals surface area contributed by atoms with Gasteiger partial charge in [-0.15, -0.1) is 0 Å². The van der Waals surface area contributed by atoms with Gasteiger partial charge < -0.3 is 10.6 Å². The van der Waals surface area contributed by atoms with E-state index in [1.807, 2.05) is 13.8 Å². The summed E-state index contributed by atoms with van der Waals surface area (Å²) in [6.45, 7) is 5.40. The van der Waals surface area contributed by atoms with Crippen LogP contribution in [0.2, 0.25) is 0 Å². The largest absolute Gasteiger partial charge is 0.354 e. The minimum atomic E-state index is -0.647. The highest BCUT2D eigenvalue weighted by Gasteiger charge is 2.30. The Labute approximate surface area is 113 Å². The van der Waals surface area contributed by atoms with Crippen LogP contribution in [0.3, 0.4) is 0 Å². The van der Waals surface area contributed by atoms with E-state index in [1.54, 1.807) is 12.1 Å². The molecule has 0 aliphatic carbocycles.